The fourth-order valence-corrected chi connectivity index (χ4v) is 4.39. The minimum Gasteiger partial charge on any atom is -0.386 e. The largest absolute Gasteiger partial charge is 0.386 e. The van der Waals surface area contributed by atoms with Crippen LogP contribution in [0.4, 0.5) is 4.79 Å². The molecule has 0 unspecified atom stereocenters. The molecule has 0 aromatic carbocycles. The molecule has 1 aromatic rings. The van der Waals surface area contributed by atoms with Gasteiger partial charge < -0.3 is 20.6 Å². The third-order valence-corrected chi connectivity index (χ3v) is 5.90. The fraction of sp³-hybridized carbons (Fsp3) is 0.706. The van der Waals surface area contributed by atoms with Gasteiger partial charge in [0.2, 0.25) is 0 Å². The number of aliphatic hydroxyl groups excluding tert-OH is 1. The van der Waals surface area contributed by atoms with Gasteiger partial charge in [-0.05, 0) is 36.6 Å². The number of rotatable bonds is 6. The lowest BCUT2D eigenvalue weighted by atomic mass is 10.1. The van der Waals surface area contributed by atoms with Gasteiger partial charge >= 0.3 is 6.03 Å². The second-order valence-corrected chi connectivity index (χ2v) is 7.76. The molecular weight excluding hydrogens is 310 g/mol. The number of amides is 2. The van der Waals surface area contributed by atoms with Crippen LogP contribution in [0, 0.1) is 5.92 Å². The summed E-state index contributed by atoms with van der Waals surface area (Å²) >= 11 is 1.50. The van der Waals surface area contributed by atoms with Crippen molar-refractivity contribution in [3.63, 3.8) is 0 Å². The van der Waals surface area contributed by atoms with Crippen molar-refractivity contribution in [2.45, 2.75) is 44.2 Å². The van der Waals surface area contributed by atoms with Crippen molar-refractivity contribution >= 4 is 17.4 Å². The van der Waals surface area contributed by atoms with Gasteiger partial charge in [0, 0.05) is 30.6 Å². The first-order valence-electron chi connectivity index (χ1n) is 8.69. The highest BCUT2D eigenvalue weighted by Gasteiger charge is 2.27. The van der Waals surface area contributed by atoms with Crippen LogP contribution in [0.1, 0.15) is 43.1 Å². The topological polar surface area (TPSA) is 64.6 Å². The number of hydrogen-bond donors (Lipinski definition) is 3. The summed E-state index contributed by atoms with van der Waals surface area (Å²) in [5, 5.41) is 17.7. The summed E-state index contributed by atoms with van der Waals surface area (Å²) in [4.78, 5) is 15.3. The number of likely N-dealkylation sites (tertiary alicyclic amines) is 1. The molecule has 5 nitrogen and oxygen atoms in total. The van der Waals surface area contributed by atoms with Gasteiger partial charge in [-0.1, -0.05) is 18.9 Å². The molecule has 2 aliphatic rings. The summed E-state index contributed by atoms with van der Waals surface area (Å²) in [5.41, 5.74) is 0. The van der Waals surface area contributed by atoms with Crippen LogP contribution in [-0.2, 0) is 0 Å². The van der Waals surface area contributed by atoms with E-state index < -0.39 is 6.10 Å². The second-order valence-electron chi connectivity index (χ2n) is 6.78. The summed E-state index contributed by atoms with van der Waals surface area (Å²) in [6.45, 7) is 3.48. The number of carbonyl (C=O) groups excluding carboxylic acids is 1. The Morgan fingerprint density at radius 3 is 2.96 bits per heavy atom. The highest BCUT2D eigenvalue weighted by molar-refractivity contribution is 7.10. The fourth-order valence-electron chi connectivity index (χ4n) is 3.68. The third kappa shape index (κ3) is 4.93. The van der Waals surface area contributed by atoms with E-state index in [-0.39, 0.29) is 18.6 Å². The Kier molecular flexibility index (Phi) is 5.91. The van der Waals surface area contributed by atoms with E-state index in [4.69, 9.17) is 0 Å². The number of aliphatic hydroxyl groups is 1. The third-order valence-electron chi connectivity index (χ3n) is 4.93. The molecule has 1 aliphatic heterocycles. The predicted octanol–water partition coefficient (Wildman–Crippen LogP) is 2.35. The molecule has 1 aromatic heterocycles. The summed E-state index contributed by atoms with van der Waals surface area (Å²) in [7, 11) is 0. The molecule has 128 valence electrons. The smallest absolute Gasteiger partial charge is 0.315 e. The Labute approximate surface area is 142 Å². The number of nitrogens with zero attached hydrogens (tertiary/aromatic N) is 1. The van der Waals surface area contributed by atoms with Crippen molar-refractivity contribution in [2.75, 3.05) is 26.2 Å². The first-order valence-corrected chi connectivity index (χ1v) is 9.57. The first-order chi connectivity index (χ1) is 11.2. The van der Waals surface area contributed by atoms with Crippen molar-refractivity contribution in [1.82, 2.24) is 15.5 Å². The van der Waals surface area contributed by atoms with Gasteiger partial charge in [0.05, 0.1) is 6.54 Å². The maximum absolute atomic E-state index is 12.0. The first kappa shape index (κ1) is 16.7. The molecule has 1 saturated carbocycles. The molecule has 6 heteroatoms. The molecule has 0 spiro atoms. The van der Waals surface area contributed by atoms with Gasteiger partial charge in [0.1, 0.15) is 6.10 Å². The van der Waals surface area contributed by atoms with Crippen molar-refractivity contribution in [2.24, 2.45) is 5.92 Å². The molecule has 0 radical (unpaired) electrons. The Morgan fingerprint density at radius 1 is 1.39 bits per heavy atom. The van der Waals surface area contributed by atoms with Gasteiger partial charge in [-0.25, -0.2) is 4.79 Å². The van der Waals surface area contributed by atoms with Crippen LogP contribution in [0.2, 0.25) is 0 Å². The molecule has 3 N–H and O–H groups in total. The zero-order valence-electron chi connectivity index (χ0n) is 13.5. The Hall–Kier alpha value is -1.11. The van der Waals surface area contributed by atoms with Crippen LogP contribution >= 0.6 is 11.3 Å². The molecule has 2 heterocycles. The van der Waals surface area contributed by atoms with Crippen LogP contribution in [-0.4, -0.2) is 48.3 Å². The lowest BCUT2D eigenvalue weighted by Gasteiger charge is -2.20. The highest BCUT2D eigenvalue weighted by Crippen LogP contribution is 2.26. The standard InChI is InChI=1S/C17H27N3O2S/c21-15(16-6-3-9-23-16)10-18-17(22)19-14-7-8-20(12-14)11-13-4-1-2-5-13/h3,6,9,13-15,21H,1-2,4-5,7-8,10-12H2,(H2,18,19,22)/t14-,15-/m1/s1. The Morgan fingerprint density at radius 2 is 2.22 bits per heavy atom. The van der Waals surface area contributed by atoms with Crippen LogP contribution in [0.15, 0.2) is 17.5 Å². The summed E-state index contributed by atoms with van der Waals surface area (Å²) < 4.78 is 0. The predicted molar refractivity (Wildman–Crippen MR) is 92.6 cm³/mol. The molecule has 1 aliphatic carbocycles. The SMILES string of the molecule is O=C(NC[C@@H](O)c1cccs1)N[C@@H]1CCN(CC2CCCC2)C1. The molecular formula is C17H27N3O2S. The summed E-state index contributed by atoms with van der Waals surface area (Å²) in [5.74, 6) is 0.864. The lowest BCUT2D eigenvalue weighted by molar-refractivity contribution is 0.175. The number of carbonyl (C=O) groups is 1. The number of urea groups is 1. The van der Waals surface area contributed by atoms with Gasteiger partial charge in [0.25, 0.3) is 0 Å². The van der Waals surface area contributed by atoms with E-state index in [1.54, 1.807) is 0 Å². The van der Waals surface area contributed by atoms with Crippen LogP contribution < -0.4 is 10.6 Å². The van der Waals surface area contributed by atoms with Crippen molar-refractivity contribution in [3.8, 4) is 0 Å². The van der Waals surface area contributed by atoms with E-state index in [0.717, 1.165) is 30.3 Å². The molecule has 0 bridgehead atoms. The lowest BCUT2D eigenvalue weighted by Crippen LogP contribution is -2.44. The molecule has 2 fully saturated rings. The second kappa shape index (κ2) is 8.13. The minimum absolute atomic E-state index is 0.173. The molecule has 3 rings (SSSR count). The van der Waals surface area contributed by atoms with E-state index in [9.17, 15) is 9.90 Å². The molecule has 23 heavy (non-hydrogen) atoms. The molecule has 2 amide bonds. The van der Waals surface area contributed by atoms with Crippen molar-refractivity contribution in [3.05, 3.63) is 22.4 Å². The average molecular weight is 337 g/mol. The Balaban J connectivity index is 1.34. The van der Waals surface area contributed by atoms with Gasteiger partial charge in [-0.2, -0.15) is 0 Å². The van der Waals surface area contributed by atoms with Crippen LogP contribution in [0.5, 0.6) is 0 Å². The summed E-state index contributed by atoms with van der Waals surface area (Å²) in [6.07, 6.45) is 5.91. The van der Waals surface area contributed by atoms with Crippen molar-refractivity contribution in [1.29, 1.82) is 0 Å². The van der Waals surface area contributed by atoms with Crippen molar-refractivity contribution < 1.29 is 9.90 Å². The van der Waals surface area contributed by atoms with Gasteiger partial charge in [-0.15, -0.1) is 11.3 Å². The number of nitrogens with one attached hydrogen (secondary N) is 2. The quantitative estimate of drug-likeness (QED) is 0.746. The van der Waals surface area contributed by atoms with E-state index >= 15 is 0 Å². The maximum atomic E-state index is 12.0. The minimum atomic E-state index is -0.622. The Bertz CT molecular complexity index is 488. The van der Waals surface area contributed by atoms with E-state index in [1.807, 2.05) is 17.5 Å². The highest BCUT2D eigenvalue weighted by atomic mass is 32.1. The van der Waals surface area contributed by atoms with E-state index in [0.29, 0.717) is 0 Å². The molecule has 2 atom stereocenters. The summed E-state index contributed by atoms with van der Waals surface area (Å²) in [6, 6.07) is 3.84. The van der Waals surface area contributed by atoms with Crippen LogP contribution in [0.3, 0.4) is 0 Å². The number of thiophene rings is 1. The van der Waals surface area contributed by atoms with E-state index in [1.165, 1.54) is 43.6 Å². The number of hydrogen-bond acceptors (Lipinski definition) is 4. The maximum Gasteiger partial charge on any atom is 0.315 e. The van der Waals surface area contributed by atoms with Gasteiger partial charge in [0.15, 0.2) is 0 Å². The zero-order valence-corrected chi connectivity index (χ0v) is 14.4. The monoisotopic (exact) mass is 337 g/mol. The average Bonchev–Trinajstić information content (AvgIpc) is 3.28. The van der Waals surface area contributed by atoms with Crippen LogP contribution in [0.25, 0.3) is 0 Å². The zero-order chi connectivity index (χ0) is 16.1. The van der Waals surface area contributed by atoms with Gasteiger partial charge in [-0.3, -0.25) is 0 Å². The molecule has 1 saturated heterocycles. The normalized spacial score (nSPS) is 24.0. The van der Waals surface area contributed by atoms with E-state index in [2.05, 4.69) is 15.5 Å².